The van der Waals surface area contributed by atoms with Crippen LogP contribution in [0.15, 0.2) is 56.8 Å². The number of hydrogen-bond donors (Lipinski definition) is 1. The average Bonchev–Trinajstić information content (AvgIpc) is 3.06. The third-order valence-corrected chi connectivity index (χ3v) is 6.15. The molecule has 0 amide bonds. The van der Waals surface area contributed by atoms with Crippen molar-refractivity contribution in [2.24, 2.45) is 5.10 Å². The smallest absolute Gasteiger partial charge is 0.335 e. The first kappa shape index (κ1) is 22.7. The van der Waals surface area contributed by atoms with E-state index in [0.29, 0.717) is 23.1 Å². The highest BCUT2D eigenvalue weighted by Gasteiger charge is 2.14. The number of nitrogens with zero attached hydrogens (tertiary/aromatic N) is 4. The van der Waals surface area contributed by atoms with Crippen molar-refractivity contribution in [3.8, 4) is 5.69 Å². The third kappa shape index (κ3) is 4.14. The fourth-order valence-corrected chi connectivity index (χ4v) is 4.35. The van der Waals surface area contributed by atoms with Gasteiger partial charge in [0.2, 0.25) is 0 Å². The zero-order valence-corrected chi connectivity index (χ0v) is 20.3. The number of aryl methyl sites for hydroxylation is 3. The molecule has 2 aromatic carbocycles. The Kier molecular flexibility index (Phi) is 6.03. The van der Waals surface area contributed by atoms with E-state index in [1.165, 1.54) is 4.68 Å². The normalized spacial score (nSPS) is 11.5. The average molecular weight is 507 g/mol. The maximum absolute atomic E-state index is 13.1. The van der Waals surface area contributed by atoms with E-state index in [2.05, 4.69) is 30.6 Å². The van der Waals surface area contributed by atoms with Gasteiger partial charge in [-0.1, -0.05) is 22.9 Å². The van der Waals surface area contributed by atoms with Gasteiger partial charge in [0.1, 0.15) is 5.82 Å². The molecule has 0 unspecified atom stereocenters. The van der Waals surface area contributed by atoms with Crippen LogP contribution in [0.2, 0.25) is 0 Å². The highest BCUT2D eigenvalue weighted by Crippen LogP contribution is 2.24. The van der Waals surface area contributed by atoms with E-state index in [1.54, 1.807) is 24.4 Å². The van der Waals surface area contributed by atoms with E-state index in [9.17, 15) is 14.7 Å². The fourth-order valence-electron chi connectivity index (χ4n) is 3.99. The molecule has 0 atom stereocenters. The molecule has 0 aliphatic carbocycles. The lowest BCUT2D eigenvalue weighted by Crippen LogP contribution is -2.22. The Morgan fingerprint density at radius 2 is 1.91 bits per heavy atom. The summed E-state index contributed by atoms with van der Waals surface area (Å²) in [7, 11) is 0. The van der Waals surface area contributed by atoms with E-state index in [4.69, 9.17) is 0 Å². The van der Waals surface area contributed by atoms with Crippen molar-refractivity contribution >= 4 is 39.0 Å². The van der Waals surface area contributed by atoms with Crippen molar-refractivity contribution in [3.05, 3.63) is 91.2 Å². The summed E-state index contributed by atoms with van der Waals surface area (Å²) in [6.07, 6.45) is 2.23. The van der Waals surface area contributed by atoms with Gasteiger partial charge in [-0.3, -0.25) is 4.79 Å². The standard InChI is InChI=1S/C25H23BrN4O3/c1-5-23-28-21-8-7-19(26)12-20(21)24(31)30(23)27-13-18-11-15(3)29(16(18)4)22-9-6-17(25(32)33)10-14(22)2/h6-13H,5H2,1-4H3,(H,32,33). The van der Waals surface area contributed by atoms with Crippen molar-refractivity contribution < 1.29 is 9.90 Å². The molecule has 1 N–H and O–H groups in total. The fraction of sp³-hybridized carbons (Fsp3) is 0.200. The van der Waals surface area contributed by atoms with Gasteiger partial charge < -0.3 is 9.67 Å². The molecule has 0 aliphatic rings. The Balaban J connectivity index is 1.80. The summed E-state index contributed by atoms with van der Waals surface area (Å²) in [4.78, 5) is 29.0. The van der Waals surface area contributed by atoms with Gasteiger partial charge in [0, 0.05) is 33.5 Å². The molecule has 168 valence electrons. The topological polar surface area (TPSA) is 89.5 Å². The van der Waals surface area contributed by atoms with Crippen LogP contribution in [0.1, 0.15) is 45.6 Å². The Morgan fingerprint density at radius 1 is 1.15 bits per heavy atom. The number of rotatable bonds is 5. The van der Waals surface area contributed by atoms with Crippen molar-refractivity contribution in [1.29, 1.82) is 0 Å². The van der Waals surface area contributed by atoms with Gasteiger partial charge in [0.15, 0.2) is 0 Å². The molecule has 0 radical (unpaired) electrons. The summed E-state index contributed by atoms with van der Waals surface area (Å²) in [5.41, 5.74) is 5.20. The molecular formula is C25H23BrN4O3. The Bertz CT molecular complexity index is 1500. The quantitative estimate of drug-likeness (QED) is 0.385. The number of aromatic nitrogens is 3. The van der Waals surface area contributed by atoms with Crippen LogP contribution in [0.4, 0.5) is 0 Å². The number of carbonyl (C=O) groups is 1. The van der Waals surface area contributed by atoms with Gasteiger partial charge in [-0.05, 0) is 68.8 Å². The molecule has 0 spiro atoms. The number of hydrogen-bond acceptors (Lipinski definition) is 4. The zero-order valence-electron chi connectivity index (χ0n) is 18.8. The number of carboxylic acid groups (broad SMARTS) is 1. The Hall–Kier alpha value is -3.52. The third-order valence-electron chi connectivity index (χ3n) is 5.66. The Labute approximate surface area is 199 Å². The first-order chi connectivity index (χ1) is 15.7. The van der Waals surface area contributed by atoms with Gasteiger partial charge in [0.25, 0.3) is 5.56 Å². The Morgan fingerprint density at radius 3 is 2.58 bits per heavy atom. The second-order valence-electron chi connectivity index (χ2n) is 7.87. The molecule has 7 nitrogen and oxygen atoms in total. The summed E-state index contributed by atoms with van der Waals surface area (Å²) in [5, 5.41) is 14.3. The number of aromatic carboxylic acids is 1. The molecular weight excluding hydrogens is 484 g/mol. The van der Waals surface area contributed by atoms with E-state index in [1.807, 2.05) is 52.0 Å². The summed E-state index contributed by atoms with van der Waals surface area (Å²) in [6, 6.07) is 12.5. The van der Waals surface area contributed by atoms with E-state index in [0.717, 1.165) is 32.7 Å². The minimum absolute atomic E-state index is 0.219. The van der Waals surface area contributed by atoms with Crippen molar-refractivity contribution in [2.75, 3.05) is 0 Å². The molecule has 0 saturated heterocycles. The SMILES string of the molecule is CCc1nc2ccc(Br)cc2c(=O)n1N=Cc1cc(C)n(-c2ccc(C(=O)O)cc2C)c1C. The minimum atomic E-state index is -0.952. The van der Waals surface area contributed by atoms with Crippen LogP contribution in [0, 0.1) is 20.8 Å². The molecule has 0 saturated carbocycles. The molecule has 0 fully saturated rings. The van der Waals surface area contributed by atoms with E-state index < -0.39 is 5.97 Å². The van der Waals surface area contributed by atoms with Gasteiger partial charge >= 0.3 is 5.97 Å². The second kappa shape index (κ2) is 8.78. The molecule has 4 rings (SSSR count). The summed E-state index contributed by atoms with van der Waals surface area (Å²) >= 11 is 3.41. The summed E-state index contributed by atoms with van der Waals surface area (Å²) < 4.78 is 4.22. The van der Waals surface area contributed by atoms with Crippen molar-refractivity contribution in [1.82, 2.24) is 14.2 Å². The van der Waals surface area contributed by atoms with Gasteiger partial charge in [0.05, 0.1) is 22.7 Å². The van der Waals surface area contributed by atoms with Crippen LogP contribution in [-0.2, 0) is 6.42 Å². The van der Waals surface area contributed by atoms with Gasteiger partial charge in [-0.2, -0.15) is 9.78 Å². The van der Waals surface area contributed by atoms with Crippen LogP contribution < -0.4 is 5.56 Å². The lowest BCUT2D eigenvalue weighted by atomic mass is 10.1. The highest BCUT2D eigenvalue weighted by molar-refractivity contribution is 9.10. The molecule has 0 bridgehead atoms. The van der Waals surface area contributed by atoms with Crippen LogP contribution in [-0.4, -0.2) is 31.5 Å². The molecule has 0 aliphatic heterocycles. The van der Waals surface area contributed by atoms with Crippen LogP contribution in [0.3, 0.4) is 0 Å². The highest BCUT2D eigenvalue weighted by atomic mass is 79.9. The summed E-state index contributed by atoms with van der Waals surface area (Å²) in [6.45, 7) is 7.78. The molecule has 2 heterocycles. The monoisotopic (exact) mass is 506 g/mol. The van der Waals surface area contributed by atoms with Crippen molar-refractivity contribution in [2.45, 2.75) is 34.1 Å². The largest absolute Gasteiger partial charge is 0.478 e. The molecule has 4 aromatic rings. The number of carboxylic acids is 1. The predicted molar refractivity (Wildman–Crippen MR) is 133 cm³/mol. The maximum atomic E-state index is 13.1. The number of benzene rings is 2. The number of halogens is 1. The lowest BCUT2D eigenvalue weighted by molar-refractivity contribution is 0.0697. The molecule has 33 heavy (non-hydrogen) atoms. The van der Waals surface area contributed by atoms with Crippen LogP contribution >= 0.6 is 15.9 Å². The predicted octanol–water partition coefficient (Wildman–Crippen LogP) is 5.02. The lowest BCUT2D eigenvalue weighted by Gasteiger charge is -2.13. The van der Waals surface area contributed by atoms with Crippen LogP contribution in [0.5, 0.6) is 0 Å². The van der Waals surface area contributed by atoms with Crippen molar-refractivity contribution in [3.63, 3.8) is 0 Å². The minimum Gasteiger partial charge on any atom is -0.478 e. The first-order valence-electron chi connectivity index (χ1n) is 10.5. The van der Waals surface area contributed by atoms with E-state index in [-0.39, 0.29) is 11.1 Å². The second-order valence-corrected chi connectivity index (χ2v) is 8.79. The van der Waals surface area contributed by atoms with Crippen LogP contribution in [0.25, 0.3) is 16.6 Å². The summed E-state index contributed by atoms with van der Waals surface area (Å²) in [5.74, 6) is -0.369. The molecule has 2 aromatic heterocycles. The first-order valence-corrected chi connectivity index (χ1v) is 11.3. The van der Waals surface area contributed by atoms with Gasteiger partial charge in [-0.25, -0.2) is 9.78 Å². The maximum Gasteiger partial charge on any atom is 0.335 e. The number of fused-ring (bicyclic) bond motifs is 1. The van der Waals surface area contributed by atoms with Gasteiger partial charge in [-0.15, -0.1) is 0 Å². The van der Waals surface area contributed by atoms with E-state index >= 15 is 0 Å². The molecule has 8 heteroatoms. The zero-order chi connectivity index (χ0) is 23.9.